The molecule has 1 aromatic rings. The number of carbonyl (C=O) groups excluding carboxylic acids is 1. The Morgan fingerprint density at radius 1 is 1.41 bits per heavy atom. The summed E-state index contributed by atoms with van der Waals surface area (Å²) >= 11 is 0. The molecule has 1 N–H and O–H groups in total. The number of piperidine rings is 1. The second-order valence-corrected chi connectivity index (χ2v) is 5.60. The molecule has 7 heteroatoms. The van der Waals surface area contributed by atoms with Crippen LogP contribution in [0.3, 0.4) is 0 Å². The van der Waals surface area contributed by atoms with Crippen molar-refractivity contribution in [3.8, 4) is 11.9 Å². The Morgan fingerprint density at radius 2 is 2.23 bits per heavy atom. The van der Waals surface area contributed by atoms with Crippen molar-refractivity contribution in [2.24, 2.45) is 5.92 Å². The molecule has 0 radical (unpaired) electrons. The van der Waals surface area contributed by atoms with Gasteiger partial charge < -0.3 is 19.7 Å². The standard InChI is InChI=1S/C15H24N4O3/c1-19-8-4-5-11(10-19)6-7-16-14(20)12-9-13(21-2)18-15(17-12)22-3/h9,11H,4-8,10H2,1-3H3,(H,16,20)/t11-/m1/s1. The van der Waals surface area contributed by atoms with Gasteiger partial charge in [-0.25, -0.2) is 0 Å². The maximum atomic E-state index is 12.2. The van der Waals surface area contributed by atoms with Crippen LogP contribution in [0.5, 0.6) is 11.9 Å². The SMILES string of the molecule is COc1cc(C(=O)NCC[C@H]2CCCN(C)C2)nc(OC)n1. The van der Waals surface area contributed by atoms with Crippen LogP contribution in [-0.2, 0) is 0 Å². The van der Waals surface area contributed by atoms with Crippen molar-refractivity contribution in [2.75, 3.05) is 40.9 Å². The fourth-order valence-electron chi connectivity index (χ4n) is 2.71. The van der Waals surface area contributed by atoms with E-state index >= 15 is 0 Å². The summed E-state index contributed by atoms with van der Waals surface area (Å²) in [5.41, 5.74) is 0.254. The lowest BCUT2D eigenvalue weighted by Gasteiger charge is -2.29. The zero-order chi connectivity index (χ0) is 15.9. The first-order valence-electron chi connectivity index (χ1n) is 7.56. The van der Waals surface area contributed by atoms with Crippen molar-refractivity contribution in [3.63, 3.8) is 0 Å². The third-order valence-corrected chi connectivity index (χ3v) is 3.87. The third kappa shape index (κ3) is 4.56. The number of methoxy groups -OCH3 is 2. The number of ether oxygens (including phenoxy) is 2. The van der Waals surface area contributed by atoms with Gasteiger partial charge in [0.2, 0.25) is 5.88 Å². The Hall–Kier alpha value is -1.89. The van der Waals surface area contributed by atoms with Crippen molar-refractivity contribution in [1.29, 1.82) is 0 Å². The van der Waals surface area contributed by atoms with Crippen molar-refractivity contribution >= 4 is 5.91 Å². The van der Waals surface area contributed by atoms with Gasteiger partial charge in [-0.2, -0.15) is 9.97 Å². The molecular formula is C15H24N4O3. The molecule has 0 bridgehead atoms. The number of aromatic nitrogens is 2. The molecule has 1 atom stereocenters. The van der Waals surface area contributed by atoms with Gasteiger partial charge in [0.1, 0.15) is 5.69 Å². The summed E-state index contributed by atoms with van der Waals surface area (Å²) in [6.45, 7) is 2.92. The van der Waals surface area contributed by atoms with Crippen LogP contribution in [0.15, 0.2) is 6.07 Å². The van der Waals surface area contributed by atoms with E-state index in [1.54, 1.807) is 0 Å². The largest absolute Gasteiger partial charge is 0.481 e. The molecule has 1 aliphatic rings. The van der Waals surface area contributed by atoms with Crippen LogP contribution >= 0.6 is 0 Å². The maximum Gasteiger partial charge on any atom is 0.320 e. The van der Waals surface area contributed by atoms with Gasteiger partial charge in [0, 0.05) is 19.2 Å². The van der Waals surface area contributed by atoms with Crippen molar-refractivity contribution in [1.82, 2.24) is 20.2 Å². The number of hydrogen-bond donors (Lipinski definition) is 1. The first-order chi connectivity index (χ1) is 10.6. The van der Waals surface area contributed by atoms with Gasteiger partial charge in [-0.3, -0.25) is 4.79 Å². The first-order valence-corrected chi connectivity index (χ1v) is 7.56. The van der Waals surface area contributed by atoms with Crippen LogP contribution in [0.1, 0.15) is 29.8 Å². The van der Waals surface area contributed by atoms with E-state index in [2.05, 4.69) is 27.2 Å². The highest BCUT2D eigenvalue weighted by Gasteiger charge is 2.18. The topological polar surface area (TPSA) is 76.6 Å². The lowest BCUT2D eigenvalue weighted by Crippen LogP contribution is -2.34. The molecule has 22 heavy (non-hydrogen) atoms. The molecule has 122 valence electrons. The number of nitrogens with zero attached hydrogens (tertiary/aromatic N) is 3. The molecule has 0 saturated carbocycles. The number of likely N-dealkylation sites (tertiary alicyclic amines) is 1. The predicted octanol–water partition coefficient (Wildman–Crippen LogP) is 0.956. The van der Waals surface area contributed by atoms with Gasteiger partial charge in [0.25, 0.3) is 5.91 Å². The minimum absolute atomic E-state index is 0.124. The number of rotatable bonds is 6. The normalized spacial score (nSPS) is 18.8. The summed E-state index contributed by atoms with van der Waals surface area (Å²) in [4.78, 5) is 22.5. The molecule has 1 amide bonds. The molecule has 2 rings (SSSR count). The summed E-state index contributed by atoms with van der Waals surface area (Å²) in [6.07, 6.45) is 3.44. The number of carbonyl (C=O) groups is 1. The van der Waals surface area contributed by atoms with Gasteiger partial charge in [-0.1, -0.05) is 0 Å². The zero-order valence-electron chi connectivity index (χ0n) is 13.5. The van der Waals surface area contributed by atoms with Crippen LogP contribution in [0.25, 0.3) is 0 Å². The minimum atomic E-state index is -0.233. The van der Waals surface area contributed by atoms with Crippen LogP contribution < -0.4 is 14.8 Å². The fourth-order valence-corrected chi connectivity index (χ4v) is 2.71. The lowest BCUT2D eigenvalue weighted by atomic mass is 9.95. The Balaban J connectivity index is 1.86. The lowest BCUT2D eigenvalue weighted by molar-refractivity contribution is 0.0941. The van der Waals surface area contributed by atoms with E-state index in [0.717, 1.165) is 13.0 Å². The van der Waals surface area contributed by atoms with Crippen LogP contribution in [0.2, 0.25) is 0 Å². The average Bonchev–Trinajstić information content (AvgIpc) is 2.54. The first kappa shape index (κ1) is 16.5. The molecule has 1 aromatic heterocycles. The second-order valence-electron chi connectivity index (χ2n) is 5.60. The monoisotopic (exact) mass is 308 g/mol. The summed E-state index contributed by atoms with van der Waals surface area (Å²) in [6, 6.07) is 1.63. The summed E-state index contributed by atoms with van der Waals surface area (Å²) in [7, 11) is 5.09. The highest BCUT2D eigenvalue weighted by Crippen LogP contribution is 2.18. The van der Waals surface area contributed by atoms with E-state index in [4.69, 9.17) is 9.47 Å². The summed E-state index contributed by atoms with van der Waals surface area (Å²) in [5, 5.41) is 2.90. The van der Waals surface area contributed by atoms with Gasteiger partial charge >= 0.3 is 6.01 Å². The van der Waals surface area contributed by atoms with E-state index in [1.165, 1.54) is 39.7 Å². The van der Waals surface area contributed by atoms with Crippen molar-refractivity contribution in [3.05, 3.63) is 11.8 Å². The van der Waals surface area contributed by atoms with Crippen LogP contribution in [0.4, 0.5) is 0 Å². The summed E-state index contributed by atoms with van der Waals surface area (Å²) in [5.74, 6) is 0.725. The van der Waals surface area contributed by atoms with E-state index < -0.39 is 0 Å². The Labute approximate surface area is 131 Å². The molecule has 0 spiro atoms. The number of amides is 1. The van der Waals surface area contributed by atoms with Gasteiger partial charge in [0.05, 0.1) is 14.2 Å². The highest BCUT2D eigenvalue weighted by molar-refractivity contribution is 5.92. The van der Waals surface area contributed by atoms with Crippen LogP contribution in [-0.4, -0.2) is 61.7 Å². The van der Waals surface area contributed by atoms with Crippen LogP contribution in [0, 0.1) is 5.92 Å². The second kappa shape index (κ2) is 7.93. The summed E-state index contributed by atoms with van der Waals surface area (Å²) < 4.78 is 10.0. The Kier molecular flexibility index (Phi) is 5.94. The highest BCUT2D eigenvalue weighted by atomic mass is 16.5. The smallest absolute Gasteiger partial charge is 0.320 e. The molecule has 1 saturated heterocycles. The number of nitrogens with one attached hydrogen (secondary N) is 1. The number of hydrogen-bond acceptors (Lipinski definition) is 6. The van der Waals surface area contributed by atoms with E-state index in [-0.39, 0.29) is 17.6 Å². The van der Waals surface area contributed by atoms with E-state index in [0.29, 0.717) is 18.3 Å². The Bertz CT molecular complexity index is 487. The Morgan fingerprint density at radius 3 is 2.91 bits per heavy atom. The fraction of sp³-hybridized carbons (Fsp3) is 0.667. The third-order valence-electron chi connectivity index (χ3n) is 3.87. The average molecular weight is 308 g/mol. The minimum Gasteiger partial charge on any atom is -0.481 e. The van der Waals surface area contributed by atoms with Gasteiger partial charge in [-0.15, -0.1) is 0 Å². The molecular weight excluding hydrogens is 284 g/mol. The molecule has 2 heterocycles. The van der Waals surface area contributed by atoms with E-state index in [9.17, 15) is 4.79 Å². The van der Waals surface area contributed by atoms with Crippen molar-refractivity contribution < 1.29 is 14.3 Å². The molecule has 1 aliphatic heterocycles. The maximum absolute atomic E-state index is 12.2. The van der Waals surface area contributed by atoms with Crippen molar-refractivity contribution in [2.45, 2.75) is 19.3 Å². The van der Waals surface area contributed by atoms with Gasteiger partial charge in [0.15, 0.2) is 0 Å². The molecule has 0 aliphatic carbocycles. The van der Waals surface area contributed by atoms with Gasteiger partial charge in [-0.05, 0) is 38.8 Å². The molecule has 0 unspecified atom stereocenters. The zero-order valence-corrected chi connectivity index (χ0v) is 13.5. The molecule has 0 aromatic carbocycles. The molecule has 7 nitrogen and oxygen atoms in total. The quantitative estimate of drug-likeness (QED) is 0.843. The predicted molar refractivity (Wildman–Crippen MR) is 82.3 cm³/mol. The molecule has 1 fully saturated rings. The van der Waals surface area contributed by atoms with E-state index in [1.807, 2.05) is 0 Å².